The molecule has 2 aromatic carbocycles. The predicted octanol–water partition coefficient (Wildman–Crippen LogP) is 3.44. The van der Waals surface area contributed by atoms with Gasteiger partial charge in [-0.15, -0.1) is 0 Å². The Morgan fingerprint density at radius 1 is 1.00 bits per heavy atom. The van der Waals surface area contributed by atoms with Crippen molar-refractivity contribution in [3.8, 4) is 22.6 Å². The third kappa shape index (κ3) is 3.72. The van der Waals surface area contributed by atoms with E-state index in [1.807, 2.05) is 6.07 Å². The van der Waals surface area contributed by atoms with Crippen LogP contribution in [0.5, 0.6) is 11.5 Å². The first-order valence-corrected chi connectivity index (χ1v) is 10.1. The fourth-order valence-corrected chi connectivity index (χ4v) is 4.04. The molecule has 148 valence electrons. The lowest BCUT2D eigenvalue weighted by atomic mass is 10.1. The molecule has 0 fully saturated rings. The van der Waals surface area contributed by atoms with Gasteiger partial charge >= 0.3 is 0 Å². The molecule has 0 spiro atoms. The minimum absolute atomic E-state index is 0.100. The molecule has 0 aliphatic rings. The number of aromatic amines is 1. The first-order chi connectivity index (χ1) is 14.0. The zero-order valence-electron chi connectivity index (χ0n) is 15.7. The number of ether oxygens (including phenoxy) is 2. The number of pyridine rings is 1. The number of sulfonamides is 1. The van der Waals surface area contributed by atoms with Crippen molar-refractivity contribution < 1.29 is 17.9 Å². The molecule has 29 heavy (non-hydrogen) atoms. The molecule has 2 aromatic heterocycles. The summed E-state index contributed by atoms with van der Waals surface area (Å²) in [5.41, 5.74) is 2.38. The fraction of sp³-hybridized carbons (Fsp3) is 0.100. The molecule has 8 nitrogen and oxygen atoms in total. The van der Waals surface area contributed by atoms with Crippen LogP contribution in [-0.4, -0.2) is 37.8 Å². The van der Waals surface area contributed by atoms with Gasteiger partial charge in [-0.25, -0.2) is 13.4 Å². The molecular weight excluding hydrogens is 392 g/mol. The smallest absolute Gasteiger partial charge is 0.261 e. The fourth-order valence-electron chi connectivity index (χ4n) is 2.96. The van der Waals surface area contributed by atoms with E-state index in [2.05, 4.69) is 19.9 Å². The third-order valence-corrected chi connectivity index (χ3v) is 5.78. The van der Waals surface area contributed by atoms with Crippen molar-refractivity contribution in [3.63, 3.8) is 0 Å². The maximum absolute atomic E-state index is 12.9. The average Bonchev–Trinajstić information content (AvgIpc) is 3.21. The Balaban J connectivity index is 1.75. The van der Waals surface area contributed by atoms with Gasteiger partial charge in [0.15, 0.2) is 5.65 Å². The minimum atomic E-state index is -3.83. The zero-order valence-corrected chi connectivity index (χ0v) is 16.5. The highest BCUT2D eigenvalue weighted by atomic mass is 32.2. The number of anilines is 1. The van der Waals surface area contributed by atoms with Crippen LogP contribution in [0.4, 0.5) is 5.69 Å². The molecule has 0 atom stereocenters. The summed E-state index contributed by atoms with van der Waals surface area (Å²) >= 11 is 0. The van der Waals surface area contributed by atoms with Crippen molar-refractivity contribution in [3.05, 3.63) is 60.9 Å². The number of H-pyrrole nitrogens is 1. The van der Waals surface area contributed by atoms with Crippen LogP contribution >= 0.6 is 0 Å². The van der Waals surface area contributed by atoms with E-state index in [0.29, 0.717) is 34.0 Å². The molecule has 4 rings (SSSR count). The van der Waals surface area contributed by atoms with Crippen molar-refractivity contribution in [2.45, 2.75) is 4.90 Å². The summed E-state index contributed by atoms with van der Waals surface area (Å²) in [6.45, 7) is 0. The normalized spacial score (nSPS) is 11.4. The number of nitrogens with one attached hydrogen (secondary N) is 2. The standard InChI is InChI=1S/C20H18N4O4S/c1-27-16-5-3-4-15(9-16)24-29(25,26)17-6-7-19(28-2)18(10-17)13-8-14-12-22-23-20(14)21-11-13/h3-12,24H,1-2H3,(H,21,22,23). The quantitative estimate of drug-likeness (QED) is 0.504. The number of fused-ring (bicyclic) bond motifs is 1. The largest absolute Gasteiger partial charge is 0.497 e. The van der Waals surface area contributed by atoms with E-state index >= 15 is 0 Å². The maximum Gasteiger partial charge on any atom is 0.261 e. The summed E-state index contributed by atoms with van der Waals surface area (Å²) < 4.78 is 39.0. The first kappa shape index (κ1) is 18.8. The molecule has 0 saturated heterocycles. The van der Waals surface area contributed by atoms with Crippen LogP contribution in [0.25, 0.3) is 22.2 Å². The van der Waals surface area contributed by atoms with Crippen LogP contribution in [0, 0.1) is 0 Å². The van der Waals surface area contributed by atoms with Crippen molar-refractivity contribution in [1.82, 2.24) is 15.2 Å². The van der Waals surface area contributed by atoms with Gasteiger partial charge in [-0.1, -0.05) is 6.07 Å². The van der Waals surface area contributed by atoms with Gasteiger partial charge in [0.25, 0.3) is 10.0 Å². The third-order valence-electron chi connectivity index (χ3n) is 4.41. The molecule has 9 heteroatoms. The van der Waals surface area contributed by atoms with Crippen LogP contribution in [0.2, 0.25) is 0 Å². The Morgan fingerprint density at radius 3 is 2.66 bits per heavy atom. The van der Waals surface area contributed by atoms with E-state index in [-0.39, 0.29) is 4.90 Å². The van der Waals surface area contributed by atoms with Gasteiger partial charge in [0.1, 0.15) is 11.5 Å². The van der Waals surface area contributed by atoms with E-state index in [0.717, 1.165) is 5.39 Å². The van der Waals surface area contributed by atoms with Crippen LogP contribution in [0.3, 0.4) is 0 Å². The van der Waals surface area contributed by atoms with Crippen molar-refractivity contribution in [1.29, 1.82) is 0 Å². The van der Waals surface area contributed by atoms with Crippen LogP contribution in [0.15, 0.2) is 65.8 Å². The van der Waals surface area contributed by atoms with Crippen molar-refractivity contribution in [2.75, 3.05) is 18.9 Å². The van der Waals surface area contributed by atoms with Crippen LogP contribution in [0.1, 0.15) is 0 Å². The lowest BCUT2D eigenvalue weighted by Gasteiger charge is -2.13. The molecule has 0 unspecified atom stereocenters. The highest BCUT2D eigenvalue weighted by Crippen LogP contribution is 2.33. The second-order valence-corrected chi connectivity index (χ2v) is 7.91. The van der Waals surface area contributed by atoms with E-state index in [9.17, 15) is 8.42 Å². The molecule has 0 bridgehead atoms. The topological polar surface area (TPSA) is 106 Å². The van der Waals surface area contributed by atoms with Crippen molar-refractivity contribution in [2.24, 2.45) is 0 Å². The number of methoxy groups -OCH3 is 2. The van der Waals surface area contributed by atoms with Crippen LogP contribution in [-0.2, 0) is 10.0 Å². The highest BCUT2D eigenvalue weighted by molar-refractivity contribution is 7.92. The van der Waals surface area contributed by atoms with Gasteiger partial charge in [-0.3, -0.25) is 9.82 Å². The molecule has 0 aliphatic heterocycles. The summed E-state index contributed by atoms with van der Waals surface area (Å²) in [4.78, 5) is 4.42. The Labute approximate surface area is 167 Å². The lowest BCUT2D eigenvalue weighted by molar-refractivity contribution is 0.415. The number of hydrogen-bond donors (Lipinski definition) is 2. The maximum atomic E-state index is 12.9. The second-order valence-electron chi connectivity index (χ2n) is 6.23. The van der Waals surface area contributed by atoms with Gasteiger partial charge in [-0.05, 0) is 36.4 Å². The van der Waals surface area contributed by atoms with Crippen molar-refractivity contribution >= 4 is 26.7 Å². The van der Waals surface area contributed by atoms with E-state index < -0.39 is 10.0 Å². The molecule has 0 saturated carbocycles. The number of hydrogen-bond acceptors (Lipinski definition) is 6. The predicted molar refractivity (Wildman–Crippen MR) is 110 cm³/mol. The summed E-state index contributed by atoms with van der Waals surface area (Å²) in [5.74, 6) is 1.09. The first-order valence-electron chi connectivity index (χ1n) is 8.64. The summed E-state index contributed by atoms with van der Waals surface area (Å²) in [6, 6.07) is 13.3. The van der Waals surface area contributed by atoms with Gasteiger partial charge < -0.3 is 9.47 Å². The monoisotopic (exact) mass is 410 g/mol. The molecule has 0 aliphatic carbocycles. The van der Waals surface area contributed by atoms with Gasteiger partial charge in [0, 0.05) is 28.8 Å². The molecule has 0 radical (unpaired) electrons. The summed E-state index contributed by atoms with van der Waals surface area (Å²) in [6.07, 6.45) is 3.30. The second kappa shape index (κ2) is 7.44. The molecule has 2 heterocycles. The SMILES string of the molecule is COc1cccc(NS(=O)(=O)c2ccc(OC)c(-c3cnc4[nH]ncc4c3)c2)c1. The minimum Gasteiger partial charge on any atom is -0.497 e. The number of nitrogens with zero attached hydrogens (tertiary/aromatic N) is 2. The summed E-state index contributed by atoms with van der Waals surface area (Å²) in [5, 5.41) is 7.56. The molecule has 2 N–H and O–H groups in total. The summed E-state index contributed by atoms with van der Waals surface area (Å²) in [7, 11) is -0.770. The van der Waals surface area contributed by atoms with Crippen LogP contribution < -0.4 is 14.2 Å². The van der Waals surface area contributed by atoms with E-state index in [4.69, 9.17) is 9.47 Å². The molecule has 4 aromatic rings. The Kier molecular flexibility index (Phi) is 4.81. The van der Waals surface area contributed by atoms with E-state index in [1.165, 1.54) is 20.3 Å². The average molecular weight is 410 g/mol. The van der Waals surface area contributed by atoms with Gasteiger partial charge in [-0.2, -0.15) is 5.10 Å². The van der Waals surface area contributed by atoms with E-state index in [1.54, 1.807) is 48.8 Å². The van der Waals surface area contributed by atoms with Gasteiger partial charge in [0.05, 0.1) is 31.0 Å². The van der Waals surface area contributed by atoms with Gasteiger partial charge in [0.2, 0.25) is 0 Å². The Hall–Kier alpha value is -3.59. The Bertz CT molecular complexity index is 1280. The lowest BCUT2D eigenvalue weighted by Crippen LogP contribution is -2.13. The molecule has 0 amide bonds. The number of benzene rings is 2. The molecular formula is C20H18N4O4S. The zero-order chi connectivity index (χ0) is 20.4. The Morgan fingerprint density at radius 2 is 1.86 bits per heavy atom. The number of rotatable bonds is 6. The number of aromatic nitrogens is 3. The highest BCUT2D eigenvalue weighted by Gasteiger charge is 2.18.